The number of amides is 4. The number of hydrogen-bond donors (Lipinski definition) is 2. The van der Waals surface area contributed by atoms with Gasteiger partial charge < -0.3 is 9.84 Å². The number of carbonyl (C=O) groups excluding carboxylic acids is 3. The summed E-state index contributed by atoms with van der Waals surface area (Å²) in [7, 11) is 0. The Hall–Kier alpha value is -3.53. The highest BCUT2D eigenvalue weighted by Crippen LogP contribution is 2.27. The second kappa shape index (κ2) is 7.47. The van der Waals surface area contributed by atoms with Gasteiger partial charge in [0.25, 0.3) is 5.91 Å². The standard InChI is InChI=1S/C19H17N5O4S/c1-19(12-6-3-2-4-7-12)17(26)24(18(27)21-19)22-14(25)9-10-15-20-16(23-28-15)13-8-5-11-29-13/h2-8,11H,9-10H2,1H3,(H,21,27)(H,22,25)/t19-/m0/s1. The molecule has 1 saturated heterocycles. The van der Waals surface area contributed by atoms with E-state index in [1.165, 1.54) is 11.3 Å². The van der Waals surface area contributed by atoms with E-state index in [-0.39, 0.29) is 12.8 Å². The fourth-order valence-corrected chi connectivity index (χ4v) is 3.62. The van der Waals surface area contributed by atoms with E-state index in [0.717, 1.165) is 4.88 Å². The highest BCUT2D eigenvalue weighted by atomic mass is 32.1. The average Bonchev–Trinajstić information content (AvgIpc) is 3.45. The maximum absolute atomic E-state index is 12.8. The Bertz CT molecular complexity index is 1050. The van der Waals surface area contributed by atoms with E-state index in [1.807, 2.05) is 23.6 Å². The van der Waals surface area contributed by atoms with Gasteiger partial charge in [0.1, 0.15) is 5.54 Å². The zero-order valence-corrected chi connectivity index (χ0v) is 16.2. The monoisotopic (exact) mass is 411 g/mol. The maximum atomic E-state index is 12.8. The molecule has 4 amide bonds. The first-order valence-corrected chi connectivity index (χ1v) is 9.73. The Kier molecular flexibility index (Phi) is 4.85. The number of imide groups is 1. The Morgan fingerprint density at radius 3 is 2.76 bits per heavy atom. The van der Waals surface area contributed by atoms with E-state index in [0.29, 0.717) is 22.3 Å². The van der Waals surface area contributed by atoms with Gasteiger partial charge >= 0.3 is 6.03 Å². The normalized spacial score (nSPS) is 18.7. The summed E-state index contributed by atoms with van der Waals surface area (Å²) in [5, 5.41) is 9.12. The van der Waals surface area contributed by atoms with Gasteiger partial charge in [-0.15, -0.1) is 11.3 Å². The quantitative estimate of drug-likeness (QED) is 0.601. The van der Waals surface area contributed by atoms with Gasteiger partial charge in [0.05, 0.1) is 4.88 Å². The number of thiophene rings is 1. The van der Waals surface area contributed by atoms with E-state index in [4.69, 9.17) is 4.52 Å². The Morgan fingerprint density at radius 2 is 2.03 bits per heavy atom. The molecule has 3 aromatic rings. The van der Waals surface area contributed by atoms with Crippen LogP contribution in [0.4, 0.5) is 4.79 Å². The van der Waals surface area contributed by atoms with Crippen molar-refractivity contribution in [3.63, 3.8) is 0 Å². The molecule has 10 heteroatoms. The summed E-state index contributed by atoms with van der Waals surface area (Å²) in [6, 6.07) is 11.9. The van der Waals surface area contributed by atoms with Crippen molar-refractivity contribution in [3.8, 4) is 10.7 Å². The van der Waals surface area contributed by atoms with Gasteiger partial charge in [-0.3, -0.25) is 15.0 Å². The third-order valence-electron chi connectivity index (χ3n) is 4.55. The number of rotatable bonds is 6. The Labute approximate surface area is 169 Å². The molecule has 1 atom stereocenters. The van der Waals surface area contributed by atoms with Crippen LogP contribution in [0.5, 0.6) is 0 Å². The van der Waals surface area contributed by atoms with Crippen molar-refractivity contribution in [1.29, 1.82) is 0 Å². The predicted octanol–water partition coefficient (Wildman–Crippen LogP) is 2.23. The van der Waals surface area contributed by atoms with Crippen molar-refractivity contribution in [1.82, 2.24) is 25.9 Å². The minimum atomic E-state index is -1.24. The molecule has 0 aliphatic carbocycles. The van der Waals surface area contributed by atoms with Crippen molar-refractivity contribution in [2.75, 3.05) is 0 Å². The van der Waals surface area contributed by atoms with Crippen LogP contribution >= 0.6 is 11.3 Å². The molecule has 2 N–H and O–H groups in total. The van der Waals surface area contributed by atoms with Crippen LogP contribution in [0.25, 0.3) is 10.7 Å². The fraction of sp³-hybridized carbons (Fsp3) is 0.211. The molecule has 1 aliphatic rings. The lowest BCUT2D eigenvalue weighted by molar-refractivity contribution is -0.139. The maximum Gasteiger partial charge on any atom is 0.344 e. The van der Waals surface area contributed by atoms with E-state index >= 15 is 0 Å². The fourth-order valence-electron chi connectivity index (χ4n) is 2.97. The summed E-state index contributed by atoms with van der Waals surface area (Å²) in [5.41, 5.74) is 1.74. The summed E-state index contributed by atoms with van der Waals surface area (Å²) in [5.74, 6) is -0.306. The minimum Gasteiger partial charge on any atom is -0.339 e. The molecule has 148 valence electrons. The van der Waals surface area contributed by atoms with Gasteiger partial charge in [0.15, 0.2) is 0 Å². The molecule has 1 aromatic carbocycles. The second-order valence-electron chi connectivity index (χ2n) is 6.59. The lowest BCUT2D eigenvalue weighted by Crippen LogP contribution is -2.48. The number of urea groups is 1. The molecule has 0 radical (unpaired) electrons. The largest absolute Gasteiger partial charge is 0.344 e. The second-order valence-corrected chi connectivity index (χ2v) is 7.53. The Morgan fingerprint density at radius 1 is 1.24 bits per heavy atom. The van der Waals surface area contributed by atoms with Crippen LogP contribution in [0.15, 0.2) is 52.4 Å². The van der Waals surface area contributed by atoms with E-state index < -0.39 is 23.4 Å². The first-order chi connectivity index (χ1) is 14.0. The first kappa shape index (κ1) is 18.8. The van der Waals surface area contributed by atoms with E-state index in [9.17, 15) is 14.4 Å². The van der Waals surface area contributed by atoms with Crippen molar-refractivity contribution < 1.29 is 18.9 Å². The van der Waals surface area contributed by atoms with Gasteiger partial charge in [0, 0.05) is 12.8 Å². The van der Waals surface area contributed by atoms with E-state index in [2.05, 4.69) is 20.9 Å². The third-order valence-corrected chi connectivity index (χ3v) is 5.42. The van der Waals surface area contributed by atoms with Crippen molar-refractivity contribution >= 4 is 29.2 Å². The number of benzene rings is 1. The summed E-state index contributed by atoms with van der Waals surface area (Å²) < 4.78 is 5.15. The number of carbonyl (C=O) groups is 3. The molecular formula is C19H17N5O4S. The van der Waals surface area contributed by atoms with Crippen LogP contribution < -0.4 is 10.7 Å². The van der Waals surface area contributed by atoms with Crippen LogP contribution in [-0.4, -0.2) is 33.0 Å². The van der Waals surface area contributed by atoms with Gasteiger partial charge in [-0.2, -0.15) is 9.99 Å². The molecule has 3 heterocycles. The molecular weight excluding hydrogens is 394 g/mol. The smallest absolute Gasteiger partial charge is 0.339 e. The zero-order valence-electron chi connectivity index (χ0n) is 15.4. The topological polar surface area (TPSA) is 117 Å². The number of aromatic nitrogens is 2. The van der Waals surface area contributed by atoms with Crippen LogP contribution in [-0.2, 0) is 21.5 Å². The number of nitrogens with one attached hydrogen (secondary N) is 2. The summed E-state index contributed by atoms with van der Waals surface area (Å²) in [6.45, 7) is 1.60. The highest BCUT2D eigenvalue weighted by Gasteiger charge is 2.49. The number of nitrogens with zero attached hydrogens (tertiary/aromatic N) is 3. The summed E-state index contributed by atoms with van der Waals surface area (Å²) in [6.07, 6.45) is 0.162. The molecule has 0 saturated carbocycles. The van der Waals surface area contributed by atoms with Crippen LogP contribution in [0.2, 0.25) is 0 Å². The minimum absolute atomic E-state index is 0.0226. The van der Waals surface area contributed by atoms with Crippen LogP contribution in [0, 0.1) is 0 Å². The van der Waals surface area contributed by atoms with Gasteiger partial charge in [-0.1, -0.05) is 41.6 Å². The van der Waals surface area contributed by atoms with E-state index in [1.54, 1.807) is 31.2 Å². The van der Waals surface area contributed by atoms with Crippen molar-refractivity contribution in [2.45, 2.75) is 25.3 Å². The average molecular weight is 411 g/mol. The predicted molar refractivity (Wildman–Crippen MR) is 103 cm³/mol. The molecule has 1 aliphatic heterocycles. The van der Waals surface area contributed by atoms with Crippen LogP contribution in [0.1, 0.15) is 24.8 Å². The molecule has 29 heavy (non-hydrogen) atoms. The summed E-state index contributed by atoms with van der Waals surface area (Å²) in [4.78, 5) is 42.4. The number of aryl methyl sites for hydroxylation is 1. The van der Waals surface area contributed by atoms with Gasteiger partial charge in [0.2, 0.25) is 17.6 Å². The van der Waals surface area contributed by atoms with Gasteiger partial charge in [-0.25, -0.2) is 4.79 Å². The van der Waals surface area contributed by atoms with Crippen molar-refractivity contribution in [2.24, 2.45) is 0 Å². The molecule has 4 rings (SSSR count). The lowest BCUT2D eigenvalue weighted by atomic mass is 9.92. The Balaban J connectivity index is 1.37. The lowest BCUT2D eigenvalue weighted by Gasteiger charge is -2.22. The molecule has 0 bridgehead atoms. The van der Waals surface area contributed by atoms with Crippen LogP contribution in [0.3, 0.4) is 0 Å². The van der Waals surface area contributed by atoms with Crippen molar-refractivity contribution in [3.05, 3.63) is 59.3 Å². The molecule has 2 aromatic heterocycles. The molecule has 9 nitrogen and oxygen atoms in total. The highest BCUT2D eigenvalue weighted by molar-refractivity contribution is 7.13. The molecule has 0 spiro atoms. The van der Waals surface area contributed by atoms with Gasteiger partial charge in [-0.05, 0) is 23.9 Å². The molecule has 1 fully saturated rings. The SMILES string of the molecule is C[C@@]1(c2ccccc2)NC(=O)N(NC(=O)CCc2nc(-c3cccs3)no2)C1=O. The third kappa shape index (κ3) is 3.61. The summed E-state index contributed by atoms with van der Waals surface area (Å²) >= 11 is 1.48. The number of hydrogen-bond acceptors (Lipinski definition) is 7. The molecule has 0 unspecified atom stereocenters. The zero-order chi connectivity index (χ0) is 20.4. The number of hydrazine groups is 1. The first-order valence-electron chi connectivity index (χ1n) is 8.85.